The number of thioether (sulfide) groups is 1. The van der Waals surface area contributed by atoms with E-state index in [1.54, 1.807) is 18.4 Å². The predicted octanol–water partition coefficient (Wildman–Crippen LogP) is 3.29. The molecule has 0 fully saturated rings. The monoisotopic (exact) mass is 280 g/mol. The van der Waals surface area contributed by atoms with Crippen molar-refractivity contribution in [2.45, 2.75) is 4.90 Å². The molecule has 1 aromatic carbocycles. The number of benzene rings is 1. The lowest BCUT2D eigenvalue weighted by atomic mass is 10.3. The average molecular weight is 281 g/mol. The van der Waals surface area contributed by atoms with Crippen LogP contribution in [-0.2, 0) is 4.74 Å². The van der Waals surface area contributed by atoms with Crippen LogP contribution < -0.4 is 4.74 Å². The first-order valence-electron chi connectivity index (χ1n) is 3.84. The van der Waals surface area contributed by atoms with Gasteiger partial charge in [0.1, 0.15) is 5.75 Å². The van der Waals surface area contributed by atoms with Crippen LogP contribution in [0.25, 0.3) is 0 Å². The van der Waals surface area contributed by atoms with Gasteiger partial charge in [-0.3, -0.25) is 0 Å². The van der Waals surface area contributed by atoms with Gasteiger partial charge in [-0.2, -0.15) is 0 Å². The summed E-state index contributed by atoms with van der Waals surface area (Å²) in [6.07, 6.45) is 1.80. The van der Waals surface area contributed by atoms with E-state index in [0.29, 0.717) is 15.1 Å². The zero-order valence-corrected chi connectivity index (χ0v) is 10.2. The van der Waals surface area contributed by atoms with E-state index in [2.05, 4.69) is 15.9 Å². The normalized spacial score (nSPS) is 10.3. The molecule has 0 aromatic heterocycles. The molecule has 0 unspecified atom stereocenters. The fourth-order valence-corrected chi connectivity index (χ4v) is 2.02. The highest BCUT2D eigenvalue weighted by Gasteiger charge is 2.11. The van der Waals surface area contributed by atoms with Crippen molar-refractivity contribution in [3.8, 4) is 5.75 Å². The molecule has 0 aliphatic heterocycles. The van der Waals surface area contributed by atoms with Crippen LogP contribution in [0.4, 0.5) is 4.39 Å². The maximum Gasteiger partial charge on any atom is 0.188 e. The second kappa shape index (κ2) is 5.58. The van der Waals surface area contributed by atoms with Crippen molar-refractivity contribution in [2.75, 3.05) is 20.2 Å². The Kier molecular flexibility index (Phi) is 4.71. The number of methoxy groups -OCH3 is 1. The van der Waals surface area contributed by atoms with Crippen LogP contribution in [-0.4, -0.2) is 20.2 Å². The van der Waals surface area contributed by atoms with Crippen LogP contribution >= 0.6 is 27.7 Å². The summed E-state index contributed by atoms with van der Waals surface area (Å²) >= 11 is 4.42. The Morgan fingerprint density at radius 3 is 2.79 bits per heavy atom. The quantitative estimate of drug-likeness (QED) is 0.623. The number of hydrogen-bond acceptors (Lipinski definition) is 3. The molecule has 0 bridgehead atoms. The molecule has 0 atom stereocenters. The zero-order chi connectivity index (χ0) is 10.6. The minimum Gasteiger partial charge on any atom is -0.466 e. The van der Waals surface area contributed by atoms with E-state index in [1.165, 1.54) is 18.9 Å². The predicted molar refractivity (Wildman–Crippen MR) is 58.4 cm³/mol. The second-order valence-electron chi connectivity index (χ2n) is 2.44. The summed E-state index contributed by atoms with van der Waals surface area (Å²) in [5.74, 6) is 0.200. The Balaban J connectivity index is 2.98. The van der Waals surface area contributed by atoms with Gasteiger partial charge in [-0.15, -0.1) is 11.8 Å². The lowest BCUT2D eigenvalue weighted by Gasteiger charge is -2.10. The van der Waals surface area contributed by atoms with E-state index in [1.807, 2.05) is 0 Å². The smallest absolute Gasteiger partial charge is 0.188 e. The molecule has 0 amide bonds. The highest BCUT2D eigenvalue weighted by atomic mass is 79.9. The summed E-state index contributed by atoms with van der Waals surface area (Å²) in [7, 11) is 1.52. The highest BCUT2D eigenvalue weighted by Crippen LogP contribution is 2.34. The summed E-state index contributed by atoms with van der Waals surface area (Å²) in [5.41, 5.74) is 0. The Hall–Kier alpha value is -0.260. The van der Waals surface area contributed by atoms with Gasteiger partial charge < -0.3 is 9.47 Å². The number of halogens is 2. The first-order valence-corrected chi connectivity index (χ1v) is 5.86. The molecular weight excluding hydrogens is 271 g/mol. The molecule has 0 aliphatic rings. The Morgan fingerprint density at radius 2 is 2.21 bits per heavy atom. The van der Waals surface area contributed by atoms with Crippen molar-refractivity contribution in [1.29, 1.82) is 0 Å². The molecule has 0 spiro atoms. The van der Waals surface area contributed by atoms with Crippen LogP contribution in [0.5, 0.6) is 5.75 Å². The van der Waals surface area contributed by atoms with Gasteiger partial charge in [0.05, 0.1) is 9.37 Å². The van der Waals surface area contributed by atoms with Gasteiger partial charge in [-0.05, 0) is 34.3 Å². The summed E-state index contributed by atoms with van der Waals surface area (Å²) in [6.45, 7) is 0.120. The van der Waals surface area contributed by atoms with Crippen molar-refractivity contribution in [2.24, 2.45) is 0 Å². The van der Waals surface area contributed by atoms with Crippen molar-refractivity contribution in [3.05, 3.63) is 22.4 Å². The van der Waals surface area contributed by atoms with Crippen LogP contribution in [0.1, 0.15) is 0 Å². The molecule has 0 N–H and O–H groups in total. The number of rotatable bonds is 4. The molecule has 1 rings (SSSR count). The van der Waals surface area contributed by atoms with Gasteiger partial charge in [-0.1, -0.05) is 0 Å². The van der Waals surface area contributed by atoms with Gasteiger partial charge in [0.15, 0.2) is 12.6 Å². The van der Waals surface area contributed by atoms with Crippen LogP contribution in [0.2, 0.25) is 0 Å². The second-order valence-corrected chi connectivity index (χ2v) is 4.11. The van der Waals surface area contributed by atoms with Crippen LogP contribution in [0.3, 0.4) is 0 Å². The van der Waals surface area contributed by atoms with E-state index in [4.69, 9.17) is 9.47 Å². The first-order chi connectivity index (χ1) is 6.70. The fourth-order valence-electron chi connectivity index (χ4n) is 0.941. The average Bonchev–Trinajstić information content (AvgIpc) is 2.20. The minimum absolute atomic E-state index is 0.120. The third-order valence-corrected chi connectivity index (χ3v) is 2.95. The Morgan fingerprint density at radius 1 is 1.50 bits per heavy atom. The zero-order valence-electron chi connectivity index (χ0n) is 7.84. The lowest BCUT2D eigenvalue weighted by molar-refractivity contribution is 0.0487. The molecule has 78 valence electrons. The first kappa shape index (κ1) is 11.8. The highest BCUT2D eigenvalue weighted by molar-refractivity contribution is 9.10. The molecule has 14 heavy (non-hydrogen) atoms. The summed E-state index contributed by atoms with van der Waals surface area (Å²) in [6, 6.07) is 3.32. The lowest BCUT2D eigenvalue weighted by Crippen LogP contribution is -2.01. The van der Waals surface area contributed by atoms with Crippen molar-refractivity contribution < 1.29 is 13.9 Å². The molecule has 0 saturated carbocycles. The third kappa shape index (κ3) is 2.62. The molecule has 5 heteroatoms. The maximum absolute atomic E-state index is 13.5. The molecule has 2 nitrogen and oxygen atoms in total. The molecule has 0 saturated heterocycles. The van der Waals surface area contributed by atoms with E-state index in [9.17, 15) is 4.39 Å². The number of hydrogen-bond donors (Lipinski definition) is 0. The molecule has 0 heterocycles. The third-order valence-electron chi connectivity index (χ3n) is 1.55. The molecular formula is C9H10BrFO2S. The van der Waals surface area contributed by atoms with E-state index >= 15 is 0 Å². The van der Waals surface area contributed by atoms with E-state index in [-0.39, 0.29) is 12.6 Å². The summed E-state index contributed by atoms with van der Waals surface area (Å²) in [5, 5.41) is 0. The molecule has 1 aromatic rings. The fraction of sp³-hybridized carbons (Fsp3) is 0.333. The molecule has 0 aliphatic carbocycles. The Labute approximate surface area is 94.9 Å². The van der Waals surface area contributed by atoms with Crippen molar-refractivity contribution >= 4 is 27.7 Å². The standard InChI is InChI=1S/C9H10BrFO2S/c1-12-5-13-7-4-3-6(10)8(11)9(7)14-2/h3-4H,5H2,1-2H3. The van der Waals surface area contributed by atoms with Crippen molar-refractivity contribution in [1.82, 2.24) is 0 Å². The van der Waals surface area contributed by atoms with Gasteiger partial charge in [0.25, 0.3) is 0 Å². The van der Waals surface area contributed by atoms with Gasteiger partial charge in [0.2, 0.25) is 0 Å². The summed E-state index contributed by atoms with van der Waals surface area (Å²) < 4.78 is 23.9. The summed E-state index contributed by atoms with van der Waals surface area (Å²) in [4.78, 5) is 0.483. The van der Waals surface area contributed by atoms with Crippen LogP contribution in [0, 0.1) is 5.82 Å². The van der Waals surface area contributed by atoms with Gasteiger partial charge >= 0.3 is 0 Å². The maximum atomic E-state index is 13.5. The number of ether oxygens (including phenoxy) is 2. The van der Waals surface area contributed by atoms with E-state index < -0.39 is 0 Å². The minimum atomic E-state index is -0.300. The van der Waals surface area contributed by atoms with Gasteiger partial charge in [0, 0.05) is 7.11 Å². The van der Waals surface area contributed by atoms with Crippen molar-refractivity contribution in [3.63, 3.8) is 0 Å². The largest absolute Gasteiger partial charge is 0.466 e. The Bertz CT molecular complexity index is 320. The van der Waals surface area contributed by atoms with E-state index in [0.717, 1.165) is 0 Å². The topological polar surface area (TPSA) is 18.5 Å². The van der Waals surface area contributed by atoms with Gasteiger partial charge in [-0.25, -0.2) is 4.39 Å². The van der Waals surface area contributed by atoms with Crippen LogP contribution in [0.15, 0.2) is 21.5 Å². The molecule has 0 radical (unpaired) electrons. The SMILES string of the molecule is COCOc1ccc(Br)c(F)c1SC.